The minimum atomic E-state index is -4.65. The van der Waals surface area contributed by atoms with Gasteiger partial charge in [0, 0.05) is 24.8 Å². The normalized spacial score (nSPS) is 14.3. The summed E-state index contributed by atoms with van der Waals surface area (Å²) < 4.78 is 53.2. The van der Waals surface area contributed by atoms with E-state index in [1.54, 1.807) is 37.3 Å². The first-order valence-corrected chi connectivity index (χ1v) is 10.2. The van der Waals surface area contributed by atoms with Gasteiger partial charge in [-0.3, -0.25) is 4.79 Å². The molecule has 1 aromatic heterocycles. The molecule has 0 saturated carbocycles. The van der Waals surface area contributed by atoms with Crippen LogP contribution in [0, 0.1) is 6.92 Å². The molecule has 1 aliphatic heterocycles. The van der Waals surface area contributed by atoms with E-state index in [1.807, 2.05) is 4.90 Å². The summed E-state index contributed by atoms with van der Waals surface area (Å²) >= 11 is 0. The van der Waals surface area contributed by atoms with Gasteiger partial charge in [0.1, 0.15) is 5.75 Å². The summed E-state index contributed by atoms with van der Waals surface area (Å²) in [5.74, 6) is -0.199. The van der Waals surface area contributed by atoms with E-state index in [4.69, 9.17) is 9.47 Å². The topological polar surface area (TPSA) is 81.5 Å². The third-order valence-electron chi connectivity index (χ3n) is 5.34. The van der Waals surface area contributed by atoms with Gasteiger partial charge in [-0.2, -0.15) is 13.2 Å². The summed E-state index contributed by atoms with van der Waals surface area (Å²) in [4.78, 5) is 14.6. The van der Waals surface area contributed by atoms with Crippen LogP contribution in [0.15, 0.2) is 42.5 Å². The molecule has 0 aliphatic carbocycles. The number of anilines is 2. The molecule has 1 aliphatic rings. The van der Waals surface area contributed by atoms with Gasteiger partial charge in [0.05, 0.1) is 43.0 Å². The summed E-state index contributed by atoms with van der Waals surface area (Å²) in [5.41, 5.74) is 0.0352. The van der Waals surface area contributed by atoms with E-state index in [1.165, 1.54) is 17.9 Å². The maximum atomic E-state index is 13.8. The number of benzene rings is 2. The standard InChI is InChI=1S/C22H22F3N5O3/c1-14-20(27-28-30(14)16-4-3-5-17(12-16)32-2)21(31)26-19-7-6-15(13-18(19)22(23,24)25)29-8-10-33-11-9-29/h3-7,12-13H,8-11H2,1-2H3,(H,26,31). The Morgan fingerprint density at radius 1 is 1.12 bits per heavy atom. The molecular weight excluding hydrogens is 439 g/mol. The molecule has 33 heavy (non-hydrogen) atoms. The van der Waals surface area contributed by atoms with Crippen LogP contribution in [0.3, 0.4) is 0 Å². The molecule has 0 unspecified atom stereocenters. The van der Waals surface area contributed by atoms with Crippen LogP contribution in [-0.4, -0.2) is 54.3 Å². The fraction of sp³-hybridized carbons (Fsp3) is 0.318. The number of amides is 1. The van der Waals surface area contributed by atoms with Gasteiger partial charge in [-0.15, -0.1) is 5.10 Å². The van der Waals surface area contributed by atoms with Gasteiger partial charge in [0.25, 0.3) is 5.91 Å². The maximum Gasteiger partial charge on any atom is 0.418 e. The quantitative estimate of drug-likeness (QED) is 0.624. The number of morpholine rings is 1. The number of alkyl halides is 3. The number of rotatable bonds is 5. The molecule has 1 saturated heterocycles. The molecule has 174 valence electrons. The van der Waals surface area contributed by atoms with Crippen LogP contribution in [0.2, 0.25) is 0 Å². The van der Waals surface area contributed by atoms with E-state index in [0.717, 1.165) is 6.07 Å². The molecule has 0 spiro atoms. The van der Waals surface area contributed by atoms with Crippen LogP contribution >= 0.6 is 0 Å². The number of carbonyl (C=O) groups is 1. The molecule has 2 heterocycles. The average Bonchev–Trinajstić information content (AvgIpc) is 3.20. The summed E-state index contributed by atoms with van der Waals surface area (Å²) in [6.07, 6.45) is -4.65. The lowest BCUT2D eigenvalue weighted by Gasteiger charge is -2.29. The molecule has 1 amide bonds. The molecule has 0 radical (unpaired) electrons. The van der Waals surface area contributed by atoms with E-state index >= 15 is 0 Å². The zero-order valence-electron chi connectivity index (χ0n) is 18.0. The van der Waals surface area contributed by atoms with Crippen molar-refractivity contribution in [1.29, 1.82) is 0 Å². The van der Waals surface area contributed by atoms with Gasteiger partial charge in [0.2, 0.25) is 0 Å². The number of hydrogen-bond donors (Lipinski definition) is 1. The van der Waals surface area contributed by atoms with E-state index in [-0.39, 0.29) is 11.4 Å². The monoisotopic (exact) mass is 461 g/mol. The second-order valence-electron chi connectivity index (χ2n) is 7.42. The number of aromatic nitrogens is 3. The number of nitrogens with one attached hydrogen (secondary N) is 1. The third-order valence-corrected chi connectivity index (χ3v) is 5.34. The Bertz CT molecular complexity index is 1160. The van der Waals surface area contributed by atoms with Crippen molar-refractivity contribution >= 4 is 17.3 Å². The number of nitrogens with zero attached hydrogens (tertiary/aromatic N) is 4. The number of methoxy groups -OCH3 is 1. The van der Waals surface area contributed by atoms with Gasteiger partial charge >= 0.3 is 6.18 Å². The summed E-state index contributed by atoms with van der Waals surface area (Å²) in [5, 5.41) is 10.2. The van der Waals surface area contributed by atoms with Crippen LogP contribution in [0.25, 0.3) is 5.69 Å². The molecular formula is C22H22F3N5O3. The number of carbonyl (C=O) groups excluding carboxylic acids is 1. The van der Waals surface area contributed by atoms with E-state index in [0.29, 0.717) is 49.1 Å². The van der Waals surface area contributed by atoms with Gasteiger partial charge in [-0.05, 0) is 37.3 Å². The first kappa shape index (κ1) is 22.6. The SMILES string of the molecule is COc1cccc(-n2nnc(C(=O)Nc3ccc(N4CCOCC4)cc3C(F)(F)F)c2C)c1. The highest BCUT2D eigenvalue weighted by molar-refractivity contribution is 6.04. The van der Waals surface area contributed by atoms with Crippen molar-refractivity contribution in [2.24, 2.45) is 0 Å². The smallest absolute Gasteiger partial charge is 0.418 e. The van der Waals surface area contributed by atoms with Gasteiger partial charge < -0.3 is 19.7 Å². The molecule has 2 aromatic carbocycles. The van der Waals surface area contributed by atoms with Gasteiger partial charge in [-0.1, -0.05) is 11.3 Å². The Morgan fingerprint density at radius 3 is 2.58 bits per heavy atom. The summed E-state index contributed by atoms with van der Waals surface area (Å²) in [7, 11) is 1.52. The van der Waals surface area contributed by atoms with Crippen molar-refractivity contribution in [2.45, 2.75) is 13.1 Å². The predicted octanol–water partition coefficient (Wildman–Crippen LogP) is 3.69. The molecule has 0 bridgehead atoms. The molecule has 1 N–H and O–H groups in total. The van der Waals surface area contributed by atoms with Crippen LogP contribution in [0.1, 0.15) is 21.7 Å². The zero-order chi connectivity index (χ0) is 23.6. The van der Waals surface area contributed by atoms with Crippen LogP contribution in [0.4, 0.5) is 24.5 Å². The average molecular weight is 461 g/mol. The number of hydrogen-bond acceptors (Lipinski definition) is 6. The number of halogens is 3. The molecule has 1 fully saturated rings. The Labute approximate surface area is 187 Å². The fourth-order valence-corrected chi connectivity index (χ4v) is 3.60. The van der Waals surface area contributed by atoms with E-state index in [9.17, 15) is 18.0 Å². The lowest BCUT2D eigenvalue weighted by atomic mass is 10.1. The summed E-state index contributed by atoms with van der Waals surface area (Å²) in [6, 6.07) is 10.8. The fourth-order valence-electron chi connectivity index (χ4n) is 3.60. The number of ether oxygens (including phenoxy) is 2. The Balaban J connectivity index is 1.61. The van der Waals surface area contributed by atoms with Crippen molar-refractivity contribution in [1.82, 2.24) is 15.0 Å². The first-order chi connectivity index (χ1) is 15.8. The van der Waals surface area contributed by atoms with Crippen LogP contribution < -0.4 is 15.0 Å². The molecule has 0 atom stereocenters. The maximum absolute atomic E-state index is 13.8. The van der Waals surface area contributed by atoms with E-state index in [2.05, 4.69) is 15.6 Å². The van der Waals surface area contributed by atoms with E-state index < -0.39 is 17.6 Å². The Kier molecular flexibility index (Phi) is 6.23. The Morgan fingerprint density at radius 2 is 1.88 bits per heavy atom. The second kappa shape index (κ2) is 9.10. The van der Waals surface area contributed by atoms with Crippen LogP contribution in [-0.2, 0) is 10.9 Å². The lowest BCUT2D eigenvalue weighted by Crippen LogP contribution is -2.36. The highest BCUT2D eigenvalue weighted by atomic mass is 19.4. The molecule has 3 aromatic rings. The summed E-state index contributed by atoms with van der Waals surface area (Å²) in [6.45, 7) is 3.50. The second-order valence-corrected chi connectivity index (χ2v) is 7.42. The third kappa shape index (κ3) is 4.77. The minimum absolute atomic E-state index is 0.0804. The van der Waals surface area contributed by atoms with Crippen molar-refractivity contribution in [3.8, 4) is 11.4 Å². The highest BCUT2D eigenvalue weighted by Crippen LogP contribution is 2.37. The molecule has 4 rings (SSSR count). The predicted molar refractivity (Wildman–Crippen MR) is 115 cm³/mol. The first-order valence-electron chi connectivity index (χ1n) is 10.2. The van der Waals surface area contributed by atoms with Crippen molar-refractivity contribution in [3.63, 3.8) is 0 Å². The van der Waals surface area contributed by atoms with Crippen molar-refractivity contribution in [3.05, 3.63) is 59.4 Å². The van der Waals surface area contributed by atoms with Crippen molar-refractivity contribution in [2.75, 3.05) is 43.6 Å². The van der Waals surface area contributed by atoms with Gasteiger partial charge in [-0.25, -0.2) is 4.68 Å². The molecule has 8 nitrogen and oxygen atoms in total. The lowest BCUT2D eigenvalue weighted by molar-refractivity contribution is -0.136. The zero-order valence-corrected chi connectivity index (χ0v) is 18.0. The van der Waals surface area contributed by atoms with Crippen molar-refractivity contribution < 1.29 is 27.4 Å². The van der Waals surface area contributed by atoms with Gasteiger partial charge in [0.15, 0.2) is 5.69 Å². The molecule has 11 heteroatoms. The largest absolute Gasteiger partial charge is 0.497 e. The Hall–Kier alpha value is -3.60. The minimum Gasteiger partial charge on any atom is -0.497 e. The van der Waals surface area contributed by atoms with Crippen LogP contribution in [0.5, 0.6) is 5.75 Å². The highest BCUT2D eigenvalue weighted by Gasteiger charge is 2.35.